The van der Waals surface area contributed by atoms with Crippen molar-refractivity contribution in [1.82, 2.24) is 5.32 Å². The first-order valence-electron chi connectivity index (χ1n) is 29.2. The molecule has 402 valence electrons. The van der Waals surface area contributed by atoms with Gasteiger partial charge in [-0.1, -0.05) is 238 Å². The molecule has 1 amide bonds. The number of quaternary nitrogens is 1. The molecule has 0 aromatic rings. The third-order valence-electron chi connectivity index (χ3n) is 13.1. The second-order valence-electron chi connectivity index (χ2n) is 21.2. The molecule has 0 saturated heterocycles. The zero-order valence-corrected chi connectivity index (χ0v) is 46.8. The van der Waals surface area contributed by atoms with Crippen molar-refractivity contribution in [1.29, 1.82) is 0 Å². The molecule has 2 N–H and O–H groups in total. The fourth-order valence-corrected chi connectivity index (χ4v) is 9.32. The smallest absolute Gasteiger partial charge is 0.456 e. The Balaban J connectivity index is 5.31. The maximum absolute atomic E-state index is 13.5. The molecule has 0 heterocycles. The normalized spacial score (nSPS) is 13.9. The second kappa shape index (κ2) is 49.1. The van der Waals surface area contributed by atoms with Gasteiger partial charge in [-0.15, -0.1) is 0 Å². The SMILES string of the molecule is CCCCCCCC/C=C\CCCCCC(=O)OC(/C=C/CCCCCCCCCCCC)C(COP(=O)(O)OCC[N+](C)(C)C)NC(=O)CCCCCCCCCCCCCCCCCCC. The lowest BCUT2D eigenvalue weighted by Gasteiger charge is -2.27. The predicted molar refractivity (Wildman–Crippen MR) is 291 cm³/mol. The topological polar surface area (TPSA) is 111 Å². The Morgan fingerprint density at radius 3 is 1.26 bits per heavy atom. The molecule has 0 aliphatic heterocycles. The number of phosphoric ester groups is 1. The van der Waals surface area contributed by atoms with E-state index in [0.717, 1.165) is 70.6 Å². The number of allylic oxidation sites excluding steroid dienone is 3. The van der Waals surface area contributed by atoms with Gasteiger partial charge in [0.2, 0.25) is 5.91 Å². The number of amides is 1. The van der Waals surface area contributed by atoms with Gasteiger partial charge in [0.1, 0.15) is 19.3 Å². The van der Waals surface area contributed by atoms with Crippen LogP contribution in [0.25, 0.3) is 0 Å². The molecule has 68 heavy (non-hydrogen) atoms. The number of unbranched alkanes of at least 4 members (excludes halogenated alkanes) is 35. The van der Waals surface area contributed by atoms with Crippen LogP contribution < -0.4 is 5.32 Å². The Hall–Kier alpha value is -1.51. The maximum Gasteiger partial charge on any atom is 0.472 e. The first kappa shape index (κ1) is 66.5. The van der Waals surface area contributed by atoms with E-state index in [9.17, 15) is 19.0 Å². The molecular formula is C58H114N2O7P+. The lowest BCUT2D eigenvalue weighted by molar-refractivity contribution is -0.870. The Labute approximate surface area is 422 Å². The van der Waals surface area contributed by atoms with Crippen LogP contribution in [0.4, 0.5) is 0 Å². The van der Waals surface area contributed by atoms with Gasteiger partial charge in [-0.05, 0) is 57.4 Å². The number of carbonyl (C=O) groups is 2. The van der Waals surface area contributed by atoms with Crippen molar-refractivity contribution >= 4 is 19.7 Å². The van der Waals surface area contributed by atoms with E-state index >= 15 is 0 Å². The minimum absolute atomic E-state index is 0.0414. The molecule has 0 aromatic heterocycles. The average molecular weight is 983 g/mol. The van der Waals surface area contributed by atoms with Crippen molar-refractivity contribution in [2.24, 2.45) is 0 Å². The van der Waals surface area contributed by atoms with Gasteiger partial charge in [0.15, 0.2) is 0 Å². The fraction of sp³-hybridized carbons (Fsp3) is 0.897. The number of hydrogen-bond acceptors (Lipinski definition) is 6. The molecule has 0 radical (unpaired) electrons. The molecule has 0 saturated carbocycles. The summed E-state index contributed by atoms with van der Waals surface area (Å²) in [6.45, 7) is 7.02. The van der Waals surface area contributed by atoms with Crippen molar-refractivity contribution in [2.75, 3.05) is 40.9 Å². The monoisotopic (exact) mass is 982 g/mol. The third kappa shape index (κ3) is 49.5. The van der Waals surface area contributed by atoms with E-state index in [-0.39, 0.29) is 31.5 Å². The third-order valence-corrected chi connectivity index (χ3v) is 14.1. The maximum atomic E-state index is 13.5. The summed E-state index contributed by atoms with van der Waals surface area (Å²) >= 11 is 0. The van der Waals surface area contributed by atoms with Gasteiger partial charge in [-0.2, -0.15) is 0 Å². The number of ether oxygens (including phenoxy) is 1. The average Bonchev–Trinajstić information content (AvgIpc) is 3.29. The summed E-state index contributed by atoms with van der Waals surface area (Å²) in [6.07, 6.45) is 56.0. The molecule has 10 heteroatoms. The number of carbonyl (C=O) groups excluding carboxylic acids is 2. The van der Waals surface area contributed by atoms with Crippen LogP contribution in [0.3, 0.4) is 0 Å². The zero-order chi connectivity index (χ0) is 50.1. The summed E-state index contributed by atoms with van der Waals surface area (Å²) < 4.78 is 30.6. The van der Waals surface area contributed by atoms with Crippen LogP contribution in [-0.4, -0.2) is 74.3 Å². The van der Waals surface area contributed by atoms with Crippen molar-refractivity contribution < 1.29 is 37.3 Å². The van der Waals surface area contributed by atoms with E-state index in [4.69, 9.17) is 13.8 Å². The van der Waals surface area contributed by atoms with Gasteiger partial charge >= 0.3 is 13.8 Å². The van der Waals surface area contributed by atoms with Gasteiger partial charge in [-0.25, -0.2) is 4.57 Å². The molecule has 0 aliphatic carbocycles. The van der Waals surface area contributed by atoms with Crippen LogP contribution in [0.15, 0.2) is 24.3 Å². The Morgan fingerprint density at radius 2 is 0.853 bits per heavy atom. The van der Waals surface area contributed by atoms with E-state index in [0.29, 0.717) is 17.4 Å². The Bertz CT molecular complexity index is 1220. The summed E-state index contributed by atoms with van der Waals surface area (Å²) in [4.78, 5) is 37.5. The Kier molecular flexibility index (Phi) is 48.0. The molecule has 0 aromatic carbocycles. The molecule has 0 rings (SSSR count). The van der Waals surface area contributed by atoms with Crippen molar-refractivity contribution in [3.05, 3.63) is 24.3 Å². The summed E-state index contributed by atoms with van der Waals surface area (Å²) in [5, 5.41) is 3.05. The molecule has 9 nitrogen and oxygen atoms in total. The van der Waals surface area contributed by atoms with Gasteiger partial charge < -0.3 is 19.4 Å². The fourth-order valence-electron chi connectivity index (χ4n) is 8.58. The molecule has 0 bridgehead atoms. The number of phosphoric acid groups is 1. The number of rotatable bonds is 53. The summed E-state index contributed by atoms with van der Waals surface area (Å²) in [6, 6.07) is -0.847. The van der Waals surface area contributed by atoms with Crippen LogP contribution in [-0.2, 0) is 27.9 Å². The molecule has 0 fully saturated rings. The zero-order valence-electron chi connectivity index (χ0n) is 45.9. The highest BCUT2D eigenvalue weighted by atomic mass is 31.2. The summed E-state index contributed by atoms with van der Waals surface area (Å²) in [7, 11) is 1.50. The highest BCUT2D eigenvalue weighted by molar-refractivity contribution is 7.47. The Morgan fingerprint density at radius 1 is 0.500 bits per heavy atom. The van der Waals surface area contributed by atoms with E-state index < -0.39 is 20.0 Å². The number of esters is 1. The number of hydrogen-bond donors (Lipinski definition) is 2. The minimum atomic E-state index is -4.44. The first-order valence-corrected chi connectivity index (χ1v) is 30.7. The molecule has 3 atom stereocenters. The van der Waals surface area contributed by atoms with Gasteiger partial charge in [0.05, 0.1) is 33.8 Å². The van der Waals surface area contributed by atoms with E-state index in [2.05, 4.69) is 38.2 Å². The molecule has 3 unspecified atom stereocenters. The standard InChI is InChI=1S/C58H113N2O7P/c1-7-10-13-16-19-22-25-28-29-30-31-33-35-38-41-44-47-50-57(61)59-55(54-66-68(63,64)65-53-52-60(4,5)6)56(49-46-43-40-37-34-27-24-21-18-15-12-9-3)67-58(62)51-48-45-42-39-36-32-26-23-20-17-14-11-8-2/h32,36,46,49,55-56H,7-31,33-35,37-45,47-48,50-54H2,1-6H3,(H-,59,61,63,64)/p+1/b36-32-,49-46+. The lowest BCUT2D eigenvalue weighted by Crippen LogP contribution is -2.47. The highest BCUT2D eigenvalue weighted by Crippen LogP contribution is 2.43. The van der Waals surface area contributed by atoms with E-state index in [1.54, 1.807) is 0 Å². The number of nitrogens with one attached hydrogen (secondary N) is 1. The summed E-state index contributed by atoms with van der Waals surface area (Å²) in [5.41, 5.74) is 0. The lowest BCUT2D eigenvalue weighted by atomic mass is 10.0. The van der Waals surface area contributed by atoms with E-state index in [1.165, 1.54) is 180 Å². The quantitative estimate of drug-likeness (QED) is 0.0205. The number of likely N-dealkylation sites (N-methyl/N-ethyl adjacent to an activating group) is 1. The van der Waals surface area contributed by atoms with Crippen molar-refractivity contribution in [3.63, 3.8) is 0 Å². The van der Waals surface area contributed by atoms with Gasteiger partial charge in [-0.3, -0.25) is 18.6 Å². The molecule has 0 spiro atoms. The minimum Gasteiger partial charge on any atom is -0.456 e. The van der Waals surface area contributed by atoms with Crippen molar-refractivity contribution in [2.45, 2.75) is 296 Å². The predicted octanol–water partition coefficient (Wildman–Crippen LogP) is 17.4. The molecular weight excluding hydrogens is 868 g/mol. The van der Waals surface area contributed by atoms with Crippen LogP contribution in [0.1, 0.15) is 284 Å². The number of nitrogens with zero attached hydrogens (tertiary/aromatic N) is 1. The first-order chi connectivity index (χ1) is 32.9. The summed E-state index contributed by atoms with van der Waals surface area (Å²) in [5.74, 6) is -0.511. The highest BCUT2D eigenvalue weighted by Gasteiger charge is 2.30. The van der Waals surface area contributed by atoms with Crippen molar-refractivity contribution in [3.8, 4) is 0 Å². The van der Waals surface area contributed by atoms with E-state index in [1.807, 2.05) is 33.3 Å². The van der Waals surface area contributed by atoms with Crippen LogP contribution in [0.5, 0.6) is 0 Å². The van der Waals surface area contributed by atoms with Gasteiger partial charge in [0, 0.05) is 12.8 Å². The molecule has 0 aliphatic rings. The van der Waals surface area contributed by atoms with Crippen LogP contribution >= 0.6 is 7.82 Å². The van der Waals surface area contributed by atoms with Crippen LogP contribution in [0.2, 0.25) is 0 Å². The second-order valence-corrected chi connectivity index (χ2v) is 22.6. The van der Waals surface area contributed by atoms with Crippen LogP contribution in [0, 0.1) is 0 Å². The van der Waals surface area contributed by atoms with Gasteiger partial charge in [0.25, 0.3) is 0 Å². The largest absolute Gasteiger partial charge is 0.472 e.